The minimum absolute atomic E-state index is 0.264. The molecule has 2 aliphatic heterocycles. The van der Waals surface area contributed by atoms with Gasteiger partial charge >= 0.3 is 0 Å². The Morgan fingerprint density at radius 3 is 2.78 bits per heavy atom. The molecule has 4 heterocycles. The smallest absolute Gasteiger partial charge is 0.164 e. The molecular weight excluding hydrogens is 410 g/mol. The van der Waals surface area contributed by atoms with Gasteiger partial charge in [0.2, 0.25) is 0 Å². The van der Waals surface area contributed by atoms with Gasteiger partial charge in [0.15, 0.2) is 12.0 Å². The third kappa shape index (κ3) is 3.15. The molecule has 1 saturated heterocycles. The van der Waals surface area contributed by atoms with Crippen molar-refractivity contribution >= 4 is 22.5 Å². The molecule has 4 atom stereocenters. The van der Waals surface area contributed by atoms with Gasteiger partial charge in [-0.25, -0.2) is 9.97 Å². The number of aromatic nitrogens is 3. The zero-order valence-corrected chi connectivity index (χ0v) is 17.8. The molecule has 165 valence electrons. The zero-order valence-electron chi connectivity index (χ0n) is 17.8. The second kappa shape index (κ2) is 7.67. The van der Waals surface area contributed by atoms with Crippen LogP contribution in [0, 0.1) is 25.7 Å². The highest BCUT2D eigenvalue weighted by Gasteiger charge is 2.42. The fourth-order valence-electron chi connectivity index (χ4n) is 4.16. The van der Waals surface area contributed by atoms with Crippen LogP contribution in [0.5, 0.6) is 5.75 Å². The predicted molar refractivity (Wildman–Crippen MR) is 119 cm³/mol. The van der Waals surface area contributed by atoms with Crippen LogP contribution in [-0.4, -0.2) is 63.3 Å². The van der Waals surface area contributed by atoms with Gasteiger partial charge in [0.05, 0.1) is 34.8 Å². The lowest BCUT2D eigenvalue weighted by molar-refractivity contribution is -0.0246. The van der Waals surface area contributed by atoms with Crippen LogP contribution in [0.1, 0.15) is 22.9 Å². The second-order valence-corrected chi connectivity index (χ2v) is 8.08. The van der Waals surface area contributed by atoms with Gasteiger partial charge in [-0.1, -0.05) is 17.9 Å². The summed E-state index contributed by atoms with van der Waals surface area (Å²) in [5, 5.41) is 21.1. The molecule has 1 fully saturated rings. The lowest BCUT2D eigenvalue weighted by atomic mass is 10.0. The molecule has 9 heteroatoms. The first-order valence-corrected chi connectivity index (χ1v) is 10.3. The van der Waals surface area contributed by atoms with E-state index < -0.39 is 24.5 Å². The SMILES string of the molecule is [CH2][C@@H]1O[C@@H](n2cc(C#Cc3c(C)ccc4c3OCCN4C)c3c(N)ncnc32)[C@H](O)[C@@H]1O. The summed E-state index contributed by atoms with van der Waals surface area (Å²) in [5.74, 6) is 7.45. The van der Waals surface area contributed by atoms with Gasteiger partial charge in [-0.2, -0.15) is 0 Å². The standard InChI is InChI=1S/C23H24N5O4/c1-12-4-7-16-20(31-9-8-27(16)3)15(12)6-5-14-10-28(22-17(14)21(24)25-11-26-22)23-19(30)18(29)13(2)32-23/h4,7,10-11,13,18-19,23,29-30H,2,8-9H2,1,3H3,(H2,24,25,26)/t13-,18+,19+,23+/m0/s1. The van der Waals surface area contributed by atoms with Crippen molar-refractivity contribution in [2.24, 2.45) is 0 Å². The number of rotatable bonds is 1. The number of aliphatic hydroxyl groups is 2. The van der Waals surface area contributed by atoms with Crippen molar-refractivity contribution in [3.8, 4) is 17.6 Å². The van der Waals surface area contributed by atoms with Gasteiger partial charge in [0.25, 0.3) is 0 Å². The maximum absolute atomic E-state index is 10.5. The largest absolute Gasteiger partial charge is 0.488 e. The molecule has 4 N–H and O–H groups in total. The van der Waals surface area contributed by atoms with Gasteiger partial charge in [-0.05, 0) is 25.5 Å². The van der Waals surface area contributed by atoms with Gasteiger partial charge in [0, 0.05) is 13.2 Å². The van der Waals surface area contributed by atoms with Crippen molar-refractivity contribution in [3.63, 3.8) is 0 Å². The number of anilines is 2. The van der Waals surface area contributed by atoms with Crippen molar-refractivity contribution in [3.05, 3.63) is 48.3 Å². The van der Waals surface area contributed by atoms with Crippen molar-refractivity contribution in [1.82, 2.24) is 14.5 Å². The number of aliphatic hydroxyl groups excluding tert-OH is 2. The van der Waals surface area contributed by atoms with Crippen LogP contribution in [0.4, 0.5) is 11.5 Å². The Kier molecular flexibility index (Phi) is 4.93. The average molecular weight is 434 g/mol. The molecule has 2 aliphatic rings. The first kappa shape index (κ1) is 20.6. The van der Waals surface area contributed by atoms with Gasteiger partial charge in [-0.15, -0.1) is 0 Å². The molecule has 5 rings (SSSR count). The van der Waals surface area contributed by atoms with Crippen LogP contribution in [0.15, 0.2) is 24.7 Å². The number of fused-ring (bicyclic) bond motifs is 2. The Morgan fingerprint density at radius 2 is 2.03 bits per heavy atom. The van der Waals surface area contributed by atoms with Gasteiger partial charge < -0.3 is 34.9 Å². The summed E-state index contributed by atoms with van der Waals surface area (Å²) in [6.07, 6.45) is -0.876. The van der Waals surface area contributed by atoms with Crippen molar-refractivity contribution in [2.45, 2.75) is 31.5 Å². The zero-order chi connectivity index (χ0) is 22.6. The minimum Gasteiger partial charge on any atom is -0.488 e. The molecule has 0 bridgehead atoms. The number of hydrogen-bond donors (Lipinski definition) is 3. The Balaban J connectivity index is 1.64. The molecule has 9 nitrogen and oxygen atoms in total. The van der Waals surface area contributed by atoms with Gasteiger partial charge in [0.1, 0.15) is 36.6 Å². The van der Waals surface area contributed by atoms with E-state index in [9.17, 15) is 10.2 Å². The number of benzene rings is 1. The Labute approximate surface area is 185 Å². The van der Waals surface area contributed by atoms with Crippen LogP contribution < -0.4 is 15.4 Å². The summed E-state index contributed by atoms with van der Waals surface area (Å²) in [7, 11) is 2.02. The third-order valence-corrected chi connectivity index (χ3v) is 6.00. The Bertz CT molecular complexity index is 1260. The summed E-state index contributed by atoms with van der Waals surface area (Å²) in [4.78, 5) is 10.6. The molecule has 0 unspecified atom stereocenters. The monoisotopic (exact) mass is 434 g/mol. The highest BCUT2D eigenvalue weighted by Crippen LogP contribution is 2.37. The number of ether oxygens (including phenoxy) is 2. The van der Waals surface area contributed by atoms with Crippen molar-refractivity contribution in [1.29, 1.82) is 0 Å². The van der Waals surface area contributed by atoms with Crippen LogP contribution in [0.3, 0.4) is 0 Å². The summed E-state index contributed by atoms with van der Waals surface area (Å²) in [5.41, 5.74) is 9.99. The minimum atomic E-state index is -1.17. The molecule has 0 spiro atoms. The molecule has 0 aliphatic carbocycles. The van der Waals surface area contributed by atoms with Crippen LogP contribution in [-0.2, 0) is 4.74 Å². The third-order valence-electron chi connectivity index (χ3n) is 6.00. The molecule has 32 heavy (non-hydrogen) atoms. The number of nitrogen functional groups attached to an aromatic ring is 1. The summed E-state index contributed by atoms with van der Waals surface area (Å²) in [6.45, 7) is 7.12. The highest BCUT2D eigenvalue weighted by atomic mass is 16.6. The highest BCUT2D eigenvalue weighted by molar-refractivity contribution is 5.92. The maximum Gasteiger partial charge on any atom is 0.164 e. The topological polar surface area (TPSA) is 119 Å². The van der Waals surface area contributed by atoms with E-state index in [1.165, 1.54) is 6.33 Å². The fraction of sp³-hybridized carbons (Fsp3) is 0.348. The van der Waals surface area contributed by atoms with E-state index in [0.717, 1.165) is 29.1 Å². The van der Waals surface area contributed by atoms with Crippen molar-refractivity contribution < 1.29 is 19.7 Å². The normalized spacial score (nSPS) is 24.7. The Hall–Kier alpha value is -3.32. The van der Waals surface area contributed by atoms with E-state index in [2.05, 4.69) is 33.6 Å². The second-order valence-electron chi connectivity index (χ2n) is 8.08. The molecule has 0 amide bonds. The summed E-state index contributed by atoms with van der Waals surface area (Å²) in [6, 6.07) is 4.05. The van der Waals surface area contributed by atoms with E-state index in [1.807, 2.05) is 26.1 Å². The molecule has 1 aromatic carbocycles. The van der Waals surface area contributed by atoms with E-state index >= 15 is 0 Å². The summed E-state index contributed by atoms with van der Waals surface area (Å²) >= 11 is 0. The first-order valence-electron chi connectivity index (χ1n) is 10.3. The lowest BCUT2D eigenvalue weighted by Gasteiger charge is -2.28. The van der Waals surface area contributed by atoms with Gasteiger partial charge in [-0.3, -0.25) is 0 Å². The average Bonchev–Trinajstić information content (AvgIpc) is 3.26. The van der Waals surface area contributed by atoms with Crippen molar-refractivity contribution in [2.75, 3.05) is 30.8 Å². The molecule has 3 aromatic rings. The summed E-state index contributed by atoms with van der Waals surface area (Å²) < 4.78 is 13.2. The van der Waals surface area contributed by atoms with Crippen LogP contribution >= 0.6 is 0 Å². The van der Waals surface area contributed by atoms with Crippen LogP contribution in [0.2, 0.25) is 0 Å². The number of nitrogens with two attached hydrogens (primary N) is 1. The predicted octanol–water partition coefficient (Wildman–Crippen LogP) is 1.00. The molecular formula is C23H24N5O4. The number of hydrogen-bond acceptors (Lipinski definition) is 8. The Morgan fingerprint density at radius 1 is 1.22 bits per heavy atom. The van der Waals surface area contributed by atoms with E-state index in [-0.39, 0.29) is 5.82 Å². The number of nitrogens with zero attached hydrogens (tertiary/aromatic N) is 4. The molecule has 2 aromatic heterocycles. The van der Waals surface area contributed by atoms with E-state index in [1.54, 1.807) is 10.8 Å². The first-order chi connectivity index (χ1) is 15.4. The van der Waals surface area contributed by atoms with Crippen LogP contribution in [0.25, 0.3) is 11.0 Å². The number of aryl methyl sites for hydroxylation is 1. The number of likely N-dealkylation sites (N-methyl/N-ethyl adjacent to an activating group) is 1. The fourth-order valence-corrected chi connectivity index (χ4v) is 4.16. The lowest BCUT2D eigenvalue weighted by Crippen LogP contribution is -2.30. The maximum atomic E-state index is 10.5. The molecule has 0 saturated carbocycles. The van der Waals surface area contributed by atoms with E-state index in [4.69, 9.17) is 15.2 Å². The molecule has 1 radical (unpaired) electrons. The quantitative estimate of drug-likeness (QED) is 0.486. The van der Waals surface area contributed by atoms with E-state index in [0.29, 0.717) is 23.2 Å².